The number of rotatable bonds is 3. The van der Waals surface area contributed by atoms with E-state index in [4.69, 9.17) is 0 Å². The van der Waals surface area contributed by atoms with Crippen molar-refractivity contribution in [2.75, 3.05) is 26.2 Å². The van der Waals surface area contributed by atoms with E-state index in [0.717, 1.165) is 25.9 Å². The standard InChI is InChI=1S/C13H22N2O3/c1-2-13(12(17)18)5-8-15(9-13)11(16)10-3-6-14-7-4-10/h10,14H,2-9H2,1H3,(H,17,18). The molecular formula is C13H22N2O3. The van der Waals surface area contributed by atoms with Crippen molar-refractivity contribution in [3.05, 3.63) is 0 Å². The average Bonchev–Trinajstić information content (AvgIpc) is 2.84. The molecule has 2 heterocycles. The van der Waals surface area contributed by atoms with Crippen LogP contribution in [0.25, 0.3) is 0 Å². The Kier molecular flexibility index (Phi) is 3.90. The minimum atomic E-state index is -0.759. The van der Waals surface area contributed by atoms with Gasteiger partial charge in [0.05, 0.1) is 5.41 Å². The van der Waals surface area contributed by atoms with Gasteiger partial charge in [0.1, 0.15) is 0 Å². The Morgan fingerprint density at radius 1 is 1.39 bits per heavy atom. The van der Waals surface area contributed by atoms with Crippen LogP contribution in [0.1, 0.15) is 32.6 Å². The van der Waals surface area contributed by atoms with Crippen LogP contribution in [-0.4, -0.2) is 48.1 Å². The van der Waals surface area contributed by atoms with Crippen molar-refractivity contribution in [2.24, 2.45) is 11.3 Å². The second-order valence-electron chi connectivity index (χ2n) is 5.47. The molecular weight excluding hydrogens is 232 g/mol. The molecule has 1 unspecified atom stereocenters. The highest BCUT2D eigenvalue weighted by Crippen LogP contribution is 2.35. The van der Waals surface area contributed by atoms with E-state index in [9.17, 15) is 14.7 Å². The van der Waals surface area contributed by atoms with Crippen LogP contribution in [0.5, 0.6) is 0 Å². The zero-order chi connectivity index (χ0) is 13.2. The summed E-state index contributed by atoms with van der Waals surface area (Å²) in [5, 5.41) is 12.6. The highest BCUT2D eigenvalue weighted by atomic mass is 16.4. The molecule has 2 rings (SSSR count). The van der Waals surface area contributed by atoms with Crippen LogP contribution in [0.4, 0.5) is 0 Å². The minimum absolute atomic E-state index is 0.0905. The molecule has 18 heavy (non-hydrogen) atoms. The molecule has 0 aliphatic carbocycles. The van der Waals surface area contributed by atoms with E-state index in [-0.39, 0.29) is 11.8 Å². The van der Waals surface area contributed by atoms with Crippen LogP contribution in [-0.2, 0) is 9.59 Å². The zero-order valence-electron chi connectivity index (χ0n) is 10.9. The Morgan fingerprint density at radius 3 is 2.56 bits per heavy atom. The monoisotopic (exact) mass is 254 g/mol. The molecule has 1 atom stereocenters. The first kappa shape index (κ1) is 13.3. The smallest absolute Gasteiger partial charge is 0.311 e. The van der Waals surface area contributed by atoms with Crippen molar-refractivity contribution in [3.8, 4) is 0 Å². The van der Waals surface area contributed by atoms with E-state index in [1.807, 2.05) is 6.92 Å². The second-order valence-corrected chi connectivity index (χ2v) is 5.47. The van der Waals surface area contributed by atoms with Crippen LogP contribution in [0.15, 0.2) is 0 Å². The number of hydrogen-bond donors (Lipinski definition) is 2. The molecule has 2 aliphatic heterocycles. The van der Waals surface area contributed by atoms with Crippen molar-refractivity contribution >= 4 is 11.9 Å². The number of hydrogen-bond acceptors (Lipinski definition) is 3. The molecule has 2 N–H and O–H groups in total. The lowest BCUT2D eigenvalue weighted by atomic mass is 9.84. The Bertz CT molecular complexity index is 339. The van der Waals surface area contributed by atoms with E-state index in [1.165, 1.54) is 0 Å². The summed E-state index contributed by atoms with van der Waals surface area (Å²) in [4.78, 5) is 25.5. The van der Waals surface area contributed by atoms with Gasteiger partial charge in [0, 0.05) is 19.0 Å². The number of carbonyl (C=O) groups is 2. The van der Waals surface area contributed by atoms with Crippen molar-refractivity contribution in [1.82, 2.24) is 10.2 Å². The maximum atomic E-state index is 12.3. The SMILES string of the molecule is CCC1(C(=O)O)CCN(C(=O)C2CCNCC2)C1. The van der Waals surface area contributed by atoms with E-state index < -0.39 is 11.4 Å². The number of carbonyl (C=O) groups excluding carboxylic acids is 1. The maximum absolute atomic E-state index is 12.3. The largest absolute Gasteiger partial charge is 0.481 e. The molecule has 0 bridgehead atoms. The fourth-order valence-corrected chi connectivity index (χ4v) is 3.00. The number of nitrogens with zero attached hydrogens (tertiary/aromatic N) is 1. The second kappa shape index (κ2) is 5.26. The van der Waals surface area contributed by atoms with E-state index >= 15 is 0 Å². The summed E-state index contributed by atoms with van der Waals surface area (Å²) >= 11 is 0. The molecule has 0 aromatic heterocycles. The number of piperidine rings is 1. The van der Waals surface area contributed by atoms with E-state index in [0.29, 0.717) is 25.9 Å². The topological polar surface area (TPSA) is 69.6 Å². The van der Waals surface area contributed by atoms with Gasteiger partial charge in [-0.2, -0.15) is 0 Å². The quantitative estimate of drug-likeness (QED) is 0.778. The summed E-state index contributed by atoms with van der Waals surface area (Å²) in [5.74, 6) is -0.508. The molecule has 5 heteroatoms. The summed E-state index contributed by atoms with van der Waals surface area (Å²) in [6, 6.07) is 0. The summed E-state index contributed by atoms with van der Waals surface area (Å²) < 4.78 is 0. The molecule has 0 saturated carbocycles. The predicted molar refractivity (Wildman–Crippen MR) is 67.2 cm³/mol. The van der Waals surface area contributed by atoms with Crippen LogP contribution in [0.3, 0.4) is 0 Å². The van der Waals surface area contributed by atoms with Gasteiger partial charge in [-0.3, -0.25) is 9.59 Å². The van der Waals surface area contributed by atoms with E-state index in [1.54, 1.807) is 4.90 Å². The lowest BCUT2D eigenvalue weighted by Gasteiger charge is -2.28. The van der Waals surface area contributed by atoms with Gasteiger partial charge in [0.25, 0.3) is 0 Å². The molecule has 0 aromatic rings. The Morgan fingerprint density at radius 2 is 2.06 bits per heavy atom. The highest BCUT2D eigenvalue weighted by molar-refractivity contribution is 5.82. The molecule has 1 amide bonds. The van der Waals surface area contributed by atoms with Gasteiger partial charge in [-0.05, 0) is 38.8 Å². The van der Waals surface area contributed by atoms with Crippen molar-refractivity contribution in [2.45, 2.75) is 32.6 Å². The number of nitrogens with one attached hydrogen (secondary N) is 1. The van der Waals surface area contributed by atoms with Gasteiger partial charge in [-0.15, -0.1) is 0 Å². The van der Waals surface area contributed by atoms with Crippen LogP contribution < -0.4 is 5.32 Å². The molecule has 2 fully saturated rings. The van der Waals surface area contributed by atoms with Gasteiger partial charge in [-0.25, -0.2) is 0 Å². The van der Waals surface area contributed by atoms with Crippen LogP contribution in [0.2, 0.25) is 0 Å². The molecule has 2 aliphatic rings. The average molecular weight is 254 g/mol. The number of carboxylic acid groups (broad SMARTS) is 1. The Balaban J connectivity index is 1.99. The normalized spacial score (nSPS) is 29.5. The molecule has 5 nitrogen and oxygen atoms in total. The maximum Gasteiger partial charge on any atom is 0.311 e. The van der Waals surface area contributed by atoms with Gasteiger partial charge >= 0.3 is 5.97 Å². The Hall–Kier alpha value is -1.10. The molecule has 0 aromatic carbocycles. The highest BCUT2D eigenvalue weighted by Gasteiger charge is 2.45. The predicted octanol–water partition coefficient (Wildman–Crippen LogP) is 0.699. The third kappa shape index (κ3) is 2.36. The molecule has 0 spiro atoms. The first-order chi connectivity index (χ1) is 8.59. The Labute approximate surface area is 108 Å². The summed E-state index contributed by atoms with van der Waals surface area (Å²) in [6.45, 7) is 4.67. The fraction of sp³-hybridized carbons (Fsp3) is 0.846. The van der Waals surface area contributed by atoms with Gasteiger partial charge < -0.3 is 15.3 Å². The first-order valence-corrected chi connectivity index (χ1v) is 6.82. The number of carboxylic acids is 1. The van der Waals surface area contributed by atoms with Gasteiger partial charge in [0.2, 0.25) is 5.91 Å². The summed E-state index contributed by atoms with van der Waals surface area (Å²) in [7, 11) is 0. The zero-order valence-corrected chi connectivity index (χ0v) is 10.9. The minimum Gasteiger partial charge on any atom is -0.481 e. The van der Waals surface area contributed by atoms with Crippen molar-refractivity contribution in [1.29, 1.82) is 0 Å². The van der Waals surface area contributed by atoms with Crippen LogP contribution >= 0.6 is 0 Å². The summed E-state index contributed by atoms with van der Waals surface area (Å²) in [6.07, 6.45) is 2.94. The van der Waals surface area contributed by atoms with Crippen molar-refractivity contribution < 1.29 is 14.7 Å². The van der Waals surface area contributed by atoms with Crippen LogP contribution in [0, 0.1) is 11.3 Å². The lowest BCUT2D eigenvalue weighted by molar-refractivity contribution is -0.149. The van der Waals surface area contributed by atoms with E-state index in [2.05, 4.69) is 5.32 Å². The number of likely N-dealkylation sites (tertiary alicyclic amines) is 1. The third-order valence-electron chi connectivity index (χ3n) is 4.48. The molecule has 102 valence electrons. The first-order valence-electron chi connectivity index (χ1n) is 6.82. The van der Waals surface area contributed by atoms with Gasteiger partial charge in [-0.1, -0.05) is 6.92 Å². The lowest BCUT2D eigenvalue weighted by Crippen LogP contribution is -2.42. The molecule has 2 saturated heterocycles. The number of amides is 1. The number of aliphatic carboxylic acids is 1. The third-order valence-corrected chi connectivity index (χ3v) is 4.48. The molecule has 0 radical (unpaired) electrons. The van der Waals surface area contributed by atoms with Gasteiger partial charge in [0.15, 0.2) is 0 Å². The fourth-order valence-electron chi connectivity index (χ4n) is 3.00. The van der Waals surface area contributed by atoms with Crippen molar-refractivity contribution in [3.63, 3.8) is 0 Å². The summed E-state index contributed by atoms with van der Waals surface area (Å²) in [5.41, 5.74) is -0.706.